The Hall–Kier alpha value is -3.81. The second-order valence-electron chi connectivity index (χ2n) is 11.6. The second-order valence-corrected chi connectivity index (χ2v) is 12.1. The van der Waals surface area contributed by atoms with Crippen molar-refractivity contribution in [3.8, 4) is 17.0 Å². The van der Waals surface area contributed by atoms with Crippen LogP contribution in [0.15, 0.2) is 47.4 Å². The predicted molar refractivity (Wildman–Crippen MR) is 163 cm³/mol. The summed E-state index contributed by atoms with van der Waals surface area (Å²) in [5, 5.41) is 5.99. The zero-order chi connectivity index (χ0) is 33.2. The first kappa shape index (κ1) is 33.6. The minimum atomic E-state index is -2.93. The number of methoxy groups -OCH3 is 1. The van der Waals surface area contributed by atoms with E-state index in [2.05, 4.69) is 15.6 Å². The SMILES string of the molecule is CO[C@@H](C)CNCc1cc(C(=O)Nc2cc(-c3ccc(Cl)cc3C(=O)C3CC(F)(F)C3)cc(OCC(F)F)n2)c(=O)n(C2CC2)c1. The predicted octanol–water partition coefficient (Wildman–Crippen LogP) is 6.15. The van der Waals surface area contributed by atoms with E-state index in [0.717, 1.165) is 12.8 Å². The van der Waals surface area contributed by atoms with Crippen molar-refractivity contribution in [2.45, 2.75) is 63.6 Å². The number of anilines is 1. The van der Waals surface area contributed by atoms with Crippen LogP contribution >= 0.6 is 11.6 Å². The Balaban J connectivity index is 1.48. The molecular weight excluding hydrogens is 632 g/mol. The Morgan fingerprint density at radius 1 is 1.13 bits per heavy atom. The van der Waals surface area contributed by atoms with E-state index < -0.39 is 55.0 Å². The molecule has 46 heavy (non-hydrogen) atoms. The highest BCUT2D eigenvalue weighted by Gasteiger charge is 2.49. The first-order chi connectivity index (χ1) is 21.8. The molecule has 0 saturated heterocycles. The highest BCUT2D eigenvalue weighted by atomic mass is 35.5. The number of carbonyl (C=O) groups excluding carboxylic acids is 2. The van der Waals surface area contributed by atoms with E-state index in [1.807, 2.05) is 6.92 Å². The number of hydrogen-bond donors (Lipinski definition) is 2. The van der Waals surface area contributed by atoms with Crippen LogP contribution < -0.4 is 20.9 Å². The van der Waals surface area contributed by atoms with Crippen molar-refractivity contribution in [3.63, 3.8) is 0 Å². The van der Waals surface area contributed by atoms with E-state index >= 15 is 0 Å². The number of nitrogens with zero attached hydrogens (tertiary/aromatic N) is 2. The first-order valence-corrected chi connectivity index (χ1v) is 15.2. The van der Waals surface area contributed by atoms with Crippen LogP contribution in [0.5, 0.6) is 5.88 Å². The van der Waals surface area contributed by atoms with E-state index in [9.17, 15) is 31.9 Å². The molecule has 1 aromatic carbocycles. The van der Waals surface area contributed by atoms with E-state index in [1.54, 1.807) is 13.3 Å². The quantitative estimate of drug-likeness (QED) is 0.157. The Labute approximate surface area is 267 Å². The molecule has 3 aromatic rings. The van der Waals surface area contributed by atoms with Gasteiger partial charge in [-0.3, -0.25) is 14.4 Å². The lowest BCUT2D eigenvalue weighted by Gasteiger charge is -2.34. The fraction of sp³-hybridized carbons (Fsp3) is 0.438. The number of amides is 1. The molecule has 2 N–H and O–H groups in total. The van der Waals surface area contributed by atoms with Gasteiger partial charge in [-0.05, 0) is 60.7 Å². The number of rotatable bonds is 14. The van der Waals surface area contributed by atoms with Crippen LogP contribution in [-0.2, 0) is 11.3 Å². The molecule has 2 aromatic heterocycles. The minimum absolute atomic E-state index is 0.0239. The van der Waals surface area contributed by atoms with Crippen LogP contribution in [0, 0.1) is 5.92 Å². The molecule has 0 radical (unpaired) electrons. The van der Waals surface area contributed by atoms with Crippen LogP contribution in [0.3, 0.4) is 0 Å². The highest BCUT2D eigenvalue weighted by molar-refractivity contribution is 6.31. The van der Waals surface area contributed by atoms with Crippen molar-refractivity contribution in [1.82, 2.24) is 14.9 Å². The molecule has 9 nitrogen and oxygen atoms in total. The summed E-state index contributed by atoms with van der Waals surface area (Å²) in [5.41, 5.74) is 0.559. The summed E-state index contributed by atoms with van der Waals surface area (Å²) < 4.78 is 65.2. The van der Waals surface area contributed by atoms with Crippen molar-refractivity contribution in [1.29, 1.82) is 0 Å². The molecule has 0 spiro atoms. The molecule has 0 aliphatic heterocycles. The van der Waals surface area contributed by atoms with Crippen molar-refractivity contribution < 1.29 is 36.6 Å². The number of carbonyl (C=O) groups is 2. The van der Waals surface area contributed by atoms with E-state index in [0.29, 0.717) is 18.7 Å². The Morgan fingerprint density at radius 2 is 1.87 bits per heavy atom. The molecule has 2 fully saturated rings. The van der Waals surface area contributed by atoms with Gasteiger partial charge in [0.15, 0.2) is 12.4 Å². The third kappa shape index (κ3) is 8.12. The molecule has 5 rings (SSSR count). The van der Waals surface area contributed by atoms with Crippen LogP contribution in [0.25, 0.3) is 11.1 Å². The maximum absolute atomic E-state index is 13.6. The summed E-state index contributed by atoms with van der Waals surface area (Å²) in [6, 6.07) is 8.43. The summed E-state index contributed by atoms with van der Waals surface area (Å²) >= 11 is 6.16. The zero-order valence-electron chi connectivity index (χ0n) is 25.1. The molecule has 2 saturated carbocycles. The fourth-order valence-corrected chi connectivity index (χ4v) is 5.39. The van der Waals surface area contributed by atoms with Crippen molar-refractivity contribution in [2.75, 3.05) is 25.6 Å². The number of benzene rings is 1. The summed E-state index contributed by atoms with van der Waals surface area (Å²) in [6.45, 7) is 1.79. The zero-order valence-corrected chi connectivity index (χ0v) is 25.9. The number of alkyl halides is 4. The van der Waals surface area contributed by atoms with Gasteiger partial charge in [0.25, 0.3) is 17.9 Å². The van der Waals surface area contributed by atoms with Crippen LogP contribution in [0.2, 0.25) is 5.02 Å². The number of Topliss-reactive ketones (excluding diaryl/α,β-unsaturated/α-hetero) is 1. The number of ether oxygens (including phenoxy) is 2. The molecule has 14 heteroatoms. The van der Waals surface area contributed by atoms with Crippen LogP contribution in [0.4, 0.5) is 23.4 Å². The minimum Gasteiger partial charge on any atom is -0.472 e. The molecule has 2 aliphatic carbocycles. The van der Waals surface area contributed by atoms with E-state index in [1.165, 1.54) is 41.0 Å². The van der Waals surface area contributed by atoms with E-state index in [4.69, 9.17) is 21.1 Å². The topological polar surface area (TPSA) is 112 Å². The maximum Gasteiger partial charge on any atom is 0.272 e. The molecule has 2 heterocycles. The number of hydrogen-bond acceptors (Lipinski definition) is 7. The summed E-state index contributed by atoms with van der Waals surface area (Å²) in [5.74, 6) is -5.64. The molecule has 1 amide bonds. The summed E-state index contributed by atoms with van der Waals surface area (Å²) in [6.07, 6.45) is -0.773. The summed E-state index contributed by atoms with van der Waals surface area (Å²) in [4.78, 5) is 44.2. The maximum atomic E-state index is 13.6. The van der Waals surface area contributed by atoms with Gasteiger partial charge in [-0.25, -0.2) is 17.6 Å². The number of pyridine rings is 2. The highest BCUT2D eigenvalue weighted by Crippen LogP contribution is 2.45. The van der Waals surface area contributed by atoms with Crippen molar-refractivity contribution in [2.24, 2.45) is 5.92 Å². The van der Waals surface area contributed by atoms with E-state index in [-0.39, 0.29) is 51.1 Å². The average Bonchev–Trinajstić information content (AvgIpc) is 3.84. The normalized spacial score (nSPS) is 16.6. The van der Waals surface area contributed by atoms with Crippen molar-refractivity contribution >= 4 is 29.1 Å². The van der Waals surface area contributed by atoms with Gasteiger partial charge in [0.1, 0.15) is 11.4 Å². The molecule has 2 aliphatic rings. The van der Waals surface area contributed by atoms with Crippen molar-refractivity contribution in [3.05, 3.63) is 74.7 Å². The first-order valence-electron chi connectivity index (χ1n) is 14.8. The second kappa shape index (κ2) is 13.9. The number of halogens is 5. The van der Waals surface area contributed by atoms with Gasteiger partial charge in [0.05, 0.1) is 6.10 Å². The lowest BCUT2D eigenvalue weighted by Crippen LogP contribution is -2.40. The van der Waals surface area contributed by atoms with Gasteiger partial charge in [0, 0.05) is 67.8 Å². The molecule has 0 unspecified atom stereocenters. The molecule has 1 atom stereocenters. The van der Waals surface area contributed by atoms with Crippen LogP contribution in [0.1, 0.15) is 64.9 Å². The fourth-order valence-electron chi connectivity index (χ4n) is 5.22. The third-order valence-electron chi connectivity index (χ3n) is 7.87. The van der Waals surface area contributed by atoms with Gasteiger partial charge in [-0.2, -0.15) is 4.98 Å². The monoisotopic (exact) mass is 664 g/mol. The van der Waals surface area contributed by atoms with Gasteiger partial charge in [-0.1, -0.05) is 17.7 Å². The van der Waals surface area contributed by atoms with Gasteiger partial charge >= 0.3 is 0 Å². The Kier molecular flexibility index (Phi) is 10.1. The van der Waals surface area contributed by atoms with Crippen LogP contribution in [-0.4, -0.2) is 60.0 Å². The summed E-state index contributed by atoms with van der Waals surface area (Å²) in [7, 11) is 1.59. The standard InChI is InChI=1S/C32H33ClF4N4O5/c1-17(45-2)13-38-14-18-7-25(31(44)41(15-18)22-4-5-22)30(43)40-27-8-19(9-28(39-27)46-16-26(34)35)23-6-3-21(33)10-24(23)29(42)20-11-32(36,37)12-20/h3,6-10,15,17,20,22,26,38H,4-5,11-14,16H2,1-2H3,(H,39,40,43)/t17-/m0/s1. The number of nitrogens with one attached hydrogen (secondary N) is 2. The Bertz CT molecular complexity index is 1670. The van der Waals surface area contributed by atoms with Gasteiger partial charge in [-0.15, -0.1) is 0 Å². The van der Waals surface area contributed by atoms with Gasteiger partial charge < -0.3 is 24.7 Å². The number of aromatic nitrogens is 2. The molecule has 0 bridgehead atoms. The molecular formula is C32H33ClF4N4O5. The Morgan fingerprint density at radius 3 is 2.52 bits per heavy atom. The smallest absolute Gasteiger partial charge is 0.272 e. The lowest BCUT2D eigenvalue weighted by atomic mass is 9.75. The average molecular weight is 665 g/mol. The van der Waals surface area contributed by atoms with Gasteiger partial charge in [0.2, 0.25) is 11.8 Å². The molecule has 246 valence electrons. The lowest BCUT2D eigenvalue weighted by molar-refractivity contribution is -0.0982. The third-order valence-corrected chi connectivity index (χ3v) is 8.10. The largest absolute Gasteiger partial charge is 0.472 e. The number of ketones is 1.